The Labute approximate surface area is 226 Å². The van der Waals surface area contributed by atoms with Crippen molar-refractivity contribution in [3.63, 3.8) is 0 Å². The number of benzene rings is 3. The van der Waals surface area contributed by atoms with Gasteiger partial charge in [-0.15, -0.1) is 0 Å². The average Bonchev–Trinajstić information content (AvgIpc) is 3.31. The van der Waals surface area contributed by atoms with Gasteiger partial charge in [0, 0.05) is 25.6 Å². The molecule has 5 heteroatoms. The van der Waals surface area contributed by atoms with E-state index in [1.54, 1.807) is 6.08 Å². The van der Waals surface area contributed by atoms with Crippen molar-refractivity contribution < 1.29 is 9.53 Å². The van der Waals surface area contributed by atoms with Crippen molar-refractivity contribution in [2.45, 2.75) is 58.4 Å². The normalized spacial score (nSPS) is 12.2. The number of nitrogens with one attached hydrogen (secondary N) is 1. The van der Waals surface area contributed by atoms with E-state index in [-0.39, 0.29) is 5.91 Å². The average molecular weight is 510 g/mol. The number of hydrogen-bond acceptors (Lipinski definition) is 3. The predicted molar refractivity (Wildman–Crippen MR) is 156 cm³/mol. The first-order chi connectivity index (χ1) is 18.7. The molecular weight excluding hydrogens is 470 g/mol. The number of rotatable bonds is 14. The van der Waals surface area contributed by atoms with Gasteiger partial charge in [-0.2, -0.15) is 0 Å². The van der Waals surface area contributed by atoms with Gasteiger partial charge < -0.3 is 14.6 Å². The standard InChI is InChI=1S/C33H39N3O2/c1-3-26(2)28-16-7-10-19-31(28)38-25-12-11-24-36-30-18-9-8-17-29(30)35-32(36)20-13-23-34-33(37)22-21-27-14-5-4-6-15-27/h4-10,14-19,21-22,26H,3,11-13,20,23-25H2,1-2H3,(H,34,37)/b22-21+. The van der Waals surface area contributed by atoms with Gasteiger partial charge in [-0.05, 0) is 67.0 Å². The molecule has 1 unspecified atom stereocenters. The summed E-state index contributed by atoms with van der Waals surface area (Å²) in [5.41, 5.74) is 4.50. The molecule has 0 aliphatic rings. The summed E-state index contributed by atoms with van der Waals surface area (Å²) in [6.07, 6.45) is 8.17. The van der Waals surface area contributed by atoms with E-state index in [1.807, 2.05) is 48.5 Å². The summed E-state index contributed by atoms with van der Waals surface area (Å²) >= 11 is 0. The van der Waals surface area contributed by atoms with Crippen LogP contribution in [-0.2, 0) is 17.8 Å². The largest absolute Gasteiger partial charge is 0.493 e. The van der Waals surface area contributed by atoms with Gasteiger partial charge in [-0.1, -0.05) is 74.5 Å². The number of hydrogen-bond donors (Lipinski definition) is 1. The number of imidazole rings is 1. The minimum Gasteiger partial charge on any atom is -0.493 e. The number of fused-ring (bicyclic) bond motifs is 1. The topological polar surface area (TPSA) is 56.1 Å². The Kier molecular flexibility index (Phi) is 10.1. The molecule has 4 rings (SSSR count). The number of aryl methyl sites for hydroxylation is 2. The second kappa shape index (κ2) is 14.2. The number of carbonyl (C=O) groups is 1. The molecule has 0 aliphatic carbocycles. The van der Waals surface area contributed by atoms with Crippen LogP contribution in [0.1, 0.15) is 62.4 Å². The summed E-state index contributed by atoms with van der Waals surface area (Å²) in [4.78, 5) is 17.1. The van der Waals surface area contributed by atoms with Crippen molar-refractivity contribution in [3.05, 3.63) is 102 Å². The predicted octanol–water partition coefficient (Wildman–Crippen LogP) is 7.17. The van der Waals surface area contributed by atoms with E-state index in [4.69, 9.17) is 9.72 Å². The summed E-state index contributed by atoms with van der Waals surface area (Å²) in [6.45, 7) is 6.69. The molecule has 3 aromatic carbocycles. The first kappa shape index (κ1) is 27.2. The second-order valence-electron chi connectivity index (χ2n) is 9.71. The van der Waals surface area contributed by atoms with Gasteiger partial charge in [0.1, 0.15) is 11.6 Å². The maximum Gasteiger partial charge on any atom is 0.243 e. The maximum absolute atomic E-state index is 12.2. The van der Waals surface area contributed by atoms with Gasteiger partial charge in [-0.3, -0.25) is 4.79 Å². The molecule has 1 amide bonds. The Morgan fingerprint density at radius 2 is 1.74 bits per heavy atom. The molecule has 0 spiro atoms. The molecule has 0 saturated heterocycles. The van der Waals surface area contributed by atoms with Crippen LogP contribution in [0.3, 0.4) is 0 Å². The molecule has 0 saturated carbocycles. The lowest BCUT2D eigenvalue weighted by Gasteiger charge is -2.16. The van der Waals surface area contributed by atoms with Gasteiger partial charge in [0.25, 0.3) is 0 Å². The molecule has 1 heterocycles. The van der Waals surface area contributed by atoms with Crippen molar-refractivity contribution >= 4 is 23.0 Å². The Bertz CT molecular complexity index is 1330. The van der Waals surface area contributed by atoms with Gasteiger partial charge >= 0.3 is 0 Å². The lowest BCUT2D eigenvalue weighted by atomic mass is 9.98. The van der Waals surface area contributed by atoms with Crippen LogP contribution in [0.25, 0.3) is 17.1 Å². The first-order valence-electron chi connectivity index (χ1n) is 13.8. The molecule has 198 valence electrons. The summed E-state index contributed by atoms with van der Waals surface area (Å²) in [5, 5.41) is 2.99. The molecule has 1 aromatic heterocycles. The quantitative estimate of drug-likeness (QED) is 0.145. The van der Waals surface area contributed by atoms with Crippen LogP contribution < -0.4 is 10.1 Å². The maximum atomic E-state index is 12.2. The first-order valence-corrected chi connectivity index (χ1v) is 13.8. The van der Waals surface area contributed by atoms with E-state index >= 15 is 0 Å². The lowest BCUT2D eigenvalue weighted by molar-refractivity contribution is -0.116. The Balaban J connectivity index is 1.27. The van der Waals surface area contributed by atoms with Crippen LogP contribution in [0.5, 0.6) is 5.75 Å². The highest BCUT2D eigenvalue weighted by atomic mass is 16.5. The number of carbonyl (C=O) groups excluding carboxylic acids is 1. The minimum absolute atomic E-state index is 0.0720. The Morgan fingerprint density at radius 1 is 0.974 bits per heavy atom. The zero-order valence-electron chi connectivity index (χ0n) is 22.6. The van der Waals surface area contributed by atoms with Crippen molar-refractivity contribution in [1.82, 2.24) is 14.9 Å². The number of aromatic nitrogens is 2. The summed E-state index contributed by atoms with van der Waals surface area (Å²) < 4.78 is 8.51. The lowest BCUT2D eigenvalue weighted by Crippen LogP contribution is -2.22. The fourth-order valence-corrected chi connectivity index (χ4v) is 4.61. The molecule has 0 fully saturated rings. The number of unbranched alkanes of at least 4 members (excludes halogenated alkanes) is 1. The zero-order chi connectivity index (χ0) is 26.6. The zero-order valence-corrected chi connectivity index (χ0v) is 22.6. The Morgan fingerprint density at radius 3 is 2.58 bits per heavy atom. The SMILES string of the molecule is CCC(C)c1ccccc1OCCCCn1c(CCCNC(=O)/C=C/c2ccccc2)nc2ccccc21. The van der Waals surface area contributed by atoms with Gasteiger partial charge in [0.15, 0.2) is 0 Å². The smallest absolute Gasteiger partial charge is 0.243 e. The third-order valence-electron chi connectivity index (χ3n) is 6.93. The van der Waals surface area contributed by atoms with Crippen LogP contribution >= 0.6 is 0 Å². The third-order valence-corrected chi connectivity index (χ3v) is 6.93. The third kappa shape index (κ3) is 7.58. The van der Waals surface area contributed by atoms with Gasteiger partial charge in [0.2, 0.25) is 5.91 Å². The van der Waals surface area contributed by atoms with E-state index < -0.39 is 0 Å². The minimum atomic E-state index is -0.0720. The second-order valence-corrected chi connectivity index (χ2v) is 9.71. The molecule has 0 bridgehead atoms. The highest BCUT2D eigenvalue weighted by molar-refractivity contribution is 5.91. The number of para-hydroxylation sites is 3. The van der Waals surface area contributed by atoms with Gasteiger partial charge in [-0.25, -0.2) is 4.98 Å². The van der Waals surface area contributed by atoms with Crippen molar-refractivity contribution in [2.24, 2.45) is 0 Å². The number of nitrogens with zero attached hydrogens (tertiary/aromatic N) is 2. The van der Waals surface area contributed by atoms with Crippen molar-refractivity contribution in [3.8, 4) is 5.75 Å². The summed E-state index contributed by atoms with van der Waals surface area (Å²) in [5.74, 6) is 2.51. The molecule has 5 nitrogen and oxygen atoms in total. The van der Waals surface area contributed by atoms with Crippen LogP contribution in [0.4, 0.5) is 0 Å². The van der Waals surface area contributed by atoms with Crippen LogP contribution in [-0.4, -0.2) is 28.6 Å². The molecule has 0 aliphatic heterocycles. The highest BCUT2D eigenvalue weighted by Crippen LogP contribution is 2.28. The number of ether oxygens (including phenoxy) is 1. The fourth-order valence-electron chi connectivity index (χ4n) is 4.61. The van der Waals surface area contributed by atoms with Crippen LogP contribution in [0.15, 0.2) is 84.9 Å². The van der Waals surface area contributed by atoms with E-state index in [0.29, 0.717) is 19.1 Å². The van der Waals surface area contributed by atoms with Crippen LogP contribution in [0, 0.1) is 0 Å². The fraction of sp³-hybridized carbons (Fsp3) is 0.333. The molecule has 38 heavy (non-hydrogen) atoms. The molecule has 1 atom stereocenters. The molecule has 0 radical (unpaired) electrons. The van der Waals surface area contributed by atoms with E-state index in [9.17, 15) is 4.79 Å². The highest BCUT2D eigenvalue weighted by Gasteiger charge is 2.11. The van der Waals surface area contributed by atoms with E-state index in [0.717, 1.165) is 61.3 Å². The van der Waals surface area contributed by atoms with Crippen molar-refractivity contribution in [2.75, 3.05) is 13.2 Å². The van der Waals surface area contributed by atoms with E-state index in [1.165, 1.54) is 11.1 Å². The number of amides is 1. The monoisotopic (exact) mass is 509 g/mol. The van der Waals surface area contributed by atoms with Gasteiger partial charge in [0.05, 0.1) is 17.6 Å². The summed E-state index contributed by atoms with van der Waals surface area (Å²) in [7, 11) is 0. The Hall–Kier alpha value is -3.86. The molecule has 4 aromatic rings. The molecule has 1 N–H and O–H groups in total. The molecular formula is C33H39N3O2. The summed E-state index contributed by atoms with van der Waals surface area (Å²) in [6, 6.07) is 26.6. The van der Waals surface area contributed by atoms with Crippen molar-refractivity contribution in [1.29, 1.82) is 0 Å². The van der Waals surface area contributed by atoms with Crippen LogP contribution in [0.2, 0.25) is 0 Å². The van der Waals surface area contributed by atoms with E-state index in [2.05, 4.69) is 60.1 Å².